The predicted octanol–water partition coefficient (Wildman–Crippen LogP) is 5.03. The van der Waals surface area contributed by atoms with Crippen LogP contribution in [0.25, 0.3) is 10.9 Å². The van der Waals surface area contributed by atoms with Gasteiger partial charge in [0.1, 0.15) is 22.4 Å². The van der Waals surface area contributed by atoms with Crippen LogP contribution in [0.4, 0.5) is 0 Å². The van der Waals surface area contributed by atoms with Crippen LogP contribution < -0.4 is 4.74 Å². The molecule has 0 saturated carbocycles. The Morgan fingerprint density at radius 2 is 1.91 bits per heavy atom. The molecule has 2 aromatic heterocycles. The number of rotatable bonds is 5. The molecule has 2 aromatic carbocycles. The molecule has 0 saturated heterocycles. The molecule has 0 N–H and O–H groups in total. The van der Waals surface area contributed by atoms with Crippen molar-refractivity contribution in [1.29, 1.82) is 0 Å². The zero-order chi connectivity index (χ0) is 22.3. The molecule has 3 heterocycles. The monoisotopic (exact) mass is 467 g/mol. The summed E-state index contributed by atoms with van der Waals surface area (Å²) < 4.78 is 38.9. The Morgan fingerprint density at radius 3 is 2.62 bits per heavy atom. The lowest BCUT2D eigenvalue weighted by molar-refractivity contribution is 0.371. The number of nitrogens with zero attached hydrogens (tertiary/aromatic N) is 3. The summed E-state index contributed by atoms with van der Waals surface area (Å²) in [5.74, 6) is 1.17. The van der Waals surface area contributed by atoms with E-state index in [1.165, 1.54) is 18.4 Å². The van der Waals surface area contributed by atoms with Gasteiger partial charge in [0.15, 0.2) is 0 Å². The number of fused-ring (bicyclic) bond motifs is 1. The number of methoxy groups -OCH3 is 1. The maximum Gasteiger partial charge on any atom is 0.279 e. The van der Waals surface area contributed by atoms with Crippen molar-refractivity contribution in [3.63, 3.8) is 0 Å². The first-order valence-electron chi connectivity index (χ1n) is 9.82. The van der Waals surface area contributed by atoms with Crippen LogP contribution in [0.15, 0.2) is 87.4 Å². The second-order valence-corrected chi connectivity index (χ2v) is 9.42. The van der Waals surface area contributed by atoms with Crippen molar-refractivity contribution >= 4 is 38.2 Å². The molecule has 1 aliphatic heterocycles. The van der Waals surface area contributed by atoms with Crippen LogP contribution in [0.3, 0.4) is 0 Å². The van der Waals surface area contributed by atoms with E-state index in [0.29, 0.717) is 28.3 Å². The lowest BCUT2D eigenvalue weighted by Crippen LogP contribution is -2.27. The molecule has 1 aliphatic rings. The molecule has 0 fully saturated rings. The van der Waals surface area contributed by atoms with Gasteiger partial charge >= 0.3 is 0 Å². The molecular weight excluding hydrogens is 450 g/mol. The first kappa shape index (κ1) is 20.5. The lowest BCUT2D eigenvalue weighted by atomic mass is 10.0. The van der Waals surface area contributed by atoms with Gasteiger partial charge in [-0.05, 0) is 48.5 Å². The molecule has 162 valence electrons. The number of hydrazone groups is 1. The maximum absolute atomic E-state index is 13.5. The number of hydrogen-bond donors (Lipinski definition) is 0. The average molecular weight is 468 g/mol. The zero-order valence-corrected chi connectivity index (χ0v) is 18.5. The highest BCUT2D eigenvalue weighted by atomic mass is 35.5. The van der Waals surface area contributed by atoms with Crippen LogP contribution in [-0.2, 0) is 10.0 Å². The van der Waals surface area contributed by atoms with E-state index in [-0.39, 0.29) is 16.5 Å². The molecule has 7 nitrogen and oxygen atoms in total. The molecule has 4 aromatic rings. The third kappa shape index (κ3) is 3.51. The van der Waals surface area contributed by atoms with Crippen LogP contribution in [0.1, 0.15) is 23.8 Å². The van der Waals surface area contributed by atoms with E-state index in [0.717, 1.165) is 9.80 Å². The summed E-state index contributed by atoms with van der Waals surface area (Å²) in [6.45, 7) is 0. The highest BCUT2D eigenvalue weighted by Crippen LogP contribution is 2.40. The lowest BCUT2D eigenvalue weighted by Gasteiger charge is -2.24. The molecule has 32 heavy (non-hydrogen) atoms. The standard InChI is InChI=1S/C23H18ClN3O4S/c1-30-16-9-10-19-15(12-16)13-18(23(24)25-19)21-14-20(22-8-5-11-31-22)26-27(21)32(28,29)17-6-3-2-4-7-17/h2-13,21H,14H2,1H3/t21-/m1/s1. The maximum atomic E-state index is 13.5. The van der Waals surface area contributed by atoms with Gasteiger partial charge in [0, 0.05) is 17.4 Å². The Balaban J connectivity index is 1.65. The minimum Gasteiger partial charge on any atom is -0.497 e. The van der Waals surface area contributed by atoms with Crippen LogP contribution in [0.2, 0.25) is 5.15 Å². The molecular formula is C23H18ClN3O4S. The number of pyridine rings is 1. The normalized spacial score (nSPS) is 16.4. The third-order valence-electron chi connectivity index (χ3n) is 5.33. The fourth-order valence-electron chi connectivity index (χ4n) is 3.74. The Labute approximate surface area is 189 Å². The van der Waals surface area contributed by atoms with Crippen molar-refractivity contribution in [2.45, 2.75) is 17.4 Å². The molecule has 0 radical (unpaired) electrons. The van der Waals surface area contributed by atoms with Gasteiger partial charge in [-0.15, -0.1) is 0 Å². The van der Waals surface area contributed by atoms with Gasteiger partial charge in [-0.1, -0.05) is 29.8 Å². The van der Waals surface area contributed by atoms with Crippen LogP contribution in [-0.4, -0.2) is 30.6 Å². The van der Waals surface area contributed by atoms with E-state index in [9.17, 15) is 8.42 Å². The van der Waals surface area contributed by atoms with Crippen molar-refractivity contribution in [2.75, 3.05) is 7.11 Å². The Bertz CT molecular complexity index is 1420. The predicted molar refractivity (Wildman–Crippen MR) is 121 cm³/mol. The largest absolute Gasteiger partial charge is 0.497 e. The van der Waals surface area contributed by atoms with E-state index in [4.69, 9.17) is 20.8 Å². The fraction of sp³-hybridized carbons (Fsp3) is 0.130. The van der Waals surface area contributed by atoms with Crippen molar-refractivity contribution < 1.29 is 17.6 Å². The van der Waals surface area contributed by atoms with Gasteiger partial charge < -0.3 is 9.15 Å². The highest BCUT2D eigenvalue weighted by molar-refractivity contribution is 7.89. The molecule has 0 aliphatic carbocycles. The summed E-state index contributed by atoms with van der Waals surface area (Å²) in [6.07, 6.45) is 1.81. The summed E-state index contributed by atoms with van der Waals surface area (Å²) in [5.41, 5.74) is 1.75. The van der Waals surface area contributed by atoms with Gasteiger partial charge in [0.05, 0.1) is 29.8 Å². The summed E-state index contributed by atoms with van der Waals surface area (Å²) >= 11 is 6.55. The minimum absolute atomic E-state index is 0.140. The number of hydrogen-bond acceptors (Lipinski definition) is 6. The van der Waals surface area contributed by atoms with Crippen molar-refractivity contribution in [3.8, 4) is 5.75 Å². The van der Waals surface area contributed by atoms with Crippen molar-refractivity contribution in [2.24, 2.45) is 5.10 Å². The molecule has 0 amide bonds. The highest BCUT2D eigenvalue weighted by Gasteiger charge is 2.39. The molecule has 9 heteroatoms. The van der Waals surface area contributed by atoms with Crippen LogP contribution in [0, 0.1) is 0 Å². The van der Waals surface area contributed by atoms with Crippen molar-refractivity contribution in [3.05, 3.63) is 89.5 Å². The summed E-state index contributed by atoms with van der Waals surface area (Å²) in [4.78, 5) is 4.63. The SMILES string of the molecule is COc1ccc2nc(Cl)c([C@H]3CC(c4ccco4)=NN3S(=O)(=O)c3ccccc3)cc2c1. The molecule has 5 rings (SSSR count). The average Bonchev–Trinajstić information content (AvgIpc) is 3.49. The number of ether oxygens (including phenoxy) is 1. The van der Waals surface area contributed by atoms with E-state index in [1.807, 2.05) is 18.2 Å². The molecule has 0 spiro atoms. The van der Waals surface area contributed by atoms with E-state index in [1.54, 1.807) is 43.5 Å². The number of furan rings is 1. The minimum atomic E-state index is -3.95. The second kappa shape index (κ2) is 7.96. The van der Waals surface area contributed by atoms with Gasteiger partial charge in [0.25, 0.3) is 10.0 Å². The first-order chi connectivity index (χ1) is 15.5. The summed E-state index contributed by atoms with van der Waals surface area (Å²) in [6, 6.07) is 18.3. The first-order valence-corrected chi connectivity index (χ1v) is 11.6. The zero-order valence-electron chi connectivity index (χ0n) is 17.0. The van der Waals surface area contributed by atoms with Gasteiger partial charge in [-0.3, -0.25) is 0 Å². The number of halogens is 1. The van der Waals surface area contributed by atoms with E-state index < -0.39 is 16.1 Å². The van der Waals surface area contributed by atoms with Crippen molar-refractivity contribution in [1.82, 2.24) is 9.40 Å². The van der Waals surface area contributed by atoms with Crippen LogP contribution in [0.5, 0.6) is 5.75 Å². The van der Waals surface area contributed by atoms with Crippen LogP contribution >= 0.6 is 11.6 Å². The molecule has 0 unspecified atom stereocenters. The van der Waals surface area contributed by atoms with Gasteiger partial charge in [0.2, 0.25) is 0 Å². The fourth-order valence-corrected chi connectivity index (χ4v) is 5.46. The number of benzene rings is 2. The third-order valence-corrected chi connectivity index (χ3v) is 7.33. The Hall–Kier alpha value is -3.36. The number of aromatic nitrogens is 1. The van der Waals surface area contributed by atoms with E-state index >= 15 is 0 Å². The molecule has 0 bridgehead atoms. The molecule has 1 atom stereocenters. The topological polar surface area (TPSA) is 85.0 Å². The van der Waals surface area contributed by atoms with Gasteiger partial charge in [-0.2, -0.15) is 17.9 Å². The van der Waals surface area contributed by atoms with E-state index in [2.05, 4.69) is 10.1 Å². The smallest absolute Gasteiger partial charge is 0.279 e. The quantitative estimate of drug-likeness (QED) is 0.384. The van der Waals surface area contributed by atoms with Gasteiger partial charge in [-0.25, -0.2) is 4.98 Å². The Kier molecular flexibility index (Phi) is 5.11. The number of sulfonamides is 1. The summed E-state index contributed by atoms with van der Waals surface area (Å²) in [5, 5.41) is 5.45. The summed E-state index contributed by atoms with van der Waals surface area (Å²) in [7, 11) is -2.37. The second-order valence-electron chi connectivity index (χ2n) is 7.26. The Morgan fingerprint density at radius 1 is 1.09 bits per heavy atom.